The van der Waals surface area contributed by atoms with Gasteiger partial charge < -0.3 is 25.0 Å². The maximum atomic E-state index is 13.7. The van der Waals surface area contributed by atoms with E-state index in [1.807, 2.05) is 30.3 Å². The Morgan fingerprint density at radius 2 is 1.81 bits per heavy atom. The third kappa shape index (κ3) is 5.73. The van der Waals surface area contributed by atoms with Crippen molar-refractivity contribution >= 4 is 11.9 Å². The van der Waals surface area contributed by atoms with Gasteiger partial charge in [-0.1, -0.05) is 18.2 Å². The minimum atomic E-state index is -0.452. The number of fused-ring (bicyclic) bond motifs is 1. The van der Waals surface area contributed by atoms with Gasteiger partial charge in [-0.15, -0.1) is 0 Å². The number of pyridine rings is 1. The molecule has 4 rings (SSSR count). The maximum Gasteiger partial charge on any atom is 0.318 e. The van der Waals surface area contributed by atoms with E-state index in [1.54, 1.807) is 37.4 Å². The summed E-state index contributed by atoms with van der Waals surface area (Å²) in [4.78, 5) is 31.3. The summed E-state index contributed by atoms with van der Waals surface area (Å²) in [5.41, 5.74) is 3.44. The van der Waals surface area contributed by atoms with Crippen molar-refractivity contribution < 1.29 is 23.5 Å². The highest BCUT2D eigenvalue weighted by atomic mass is 19.1. The van der Waals surface area contributed by atoms with Crippen LogP contribution < -0.4 is 20.1 Å². The molecule has 1 aromatic heterocycles. The van der Waals surface area contributed by atoms with Crippen molar-refractivity contribution in [3.05, 3.63) is 89.0 Å². The lowest BCUT2D eigenvalue weighted by Crippen LogP contribution is -2.46. The zero-order chi connectivity index (χ0) is 25.5. The molecule has 8 nitrogen and oxygen atoms in total. The fourth-order valence-corrected chi connectivity index (χ4v) is 4.33. The van der Waals surface area contributed by atoms with Crippen molar-refractivity contribution in [2.24, 2.45) is 0 Å². The SMILES string of the molecule is COc1cc2c(cc1OC)C(c1ccc(F)cc1)N(C(=O)NCCC(=O)NCc1ccccn1)CC2. The Hall–Kier alpha value is -4.14. The van der Waals surface area contributed by atoms with Crippen LogP contribution in [0.25, 0.3) is 0 Å². The van der Waals surface area contributed by atoms with Gasteiger partial charge in [0.25, 0.3) is 0 Å². The number of carbonyl (C=O) groups is 2. The number of ether oxygens (including phenoxy) is 2. The van der Waals surface area contributed by atoms with Crippen LogP contribution in [0.15, 0.2) is 60.8 Å². The summed E-state index contributed by atoms with van der Waals surface area (Å²) in [5.74, 6) is 0.630. The zero-order valence-electron chi connectivity index (χ0n) is 20.3. The third-order valence-electron chi connectivity index (χ3n) is 6.14. The van der Waals surface area contributed by atoms with Crippen LogP contribution in [0.2, 0.25) is 0 Å². The molecule has 0 spiro atoms. The first-order valence-electron chi connectivity index (χ1n) is 11.7. The Morgan fingerprint density at radius 1 is 1.06 bits per heavy atom. The minimum Gasteiger partial charge on any atom is -0.493 e. The fraction of sp³-hybridized carbons (Fsp3) is 0.296. The molecule has 0 aliphatic carbocycles. The van der Waals surface area contributed by atoms with E-state index in [4.69, 9.17) is 9.47 Å². The standard InChI is InChI=1S/C27H29FN4O4/c1-35-23-15-19-11-14-32(26(22(19)16-24(23)36-2)18-6-8-20(28)9-7-18)27(34)30-13-10-25(33)31-17-21-5-3-4-12-29-21/h3-9,12,15-16,26H,10-11,13-14,17H2,1-2H3,(H,30,34)(H,31,33). The molecular weight excluding hydrogens is 463 g/mol. The number of benzene rings is 2. The van der Waals surface area contributed by atoms with E-state index in [2.05, 4.69) is 15.6 Å². The predicted octanol–water partition coefficient (Wildman–Crippen LogP) is 3.60. The number of carbonyl (C=O) groups excluding carboxylic acids is 2. The molecule has 0 saturated carbocycles. The molecule has 1 atom stereocenters. The Bertz CT molecular complexity index is 1200. The second-order valence-corrected chi connectivity index (χ2v) is 8.38. The van der Waals surface area contributed by atoms with Gasteiger partial charge in [-0.3, -0.25) is 9.78 Å². The normalized spacial score (nSPS) is 14.5. The summed E-state index contributed by atoms with van der Waals surface area (Å²) >= 11 is 0. The van der Waals surface area contributed by atoms with E-state index in [-0.39, 0.29) is 30.7 Å². The van der Waals surface area contributed by atoms with Crippen LogP contribution in [0.5, 0.6) is 11.5 Å². The predicted molar refractivity (Wildman–Crippen MR) is 132 cm³/mol. The van der Waals surface area contributed by atoms with E-state index >= 15 is 0 Å². The highest BCUT2D eigenvalue weighted by Crippen LogP contribution is 2.41. The molecule has 0 bridgehead atoms. The van der Waals surface area contributed by atoms with Gasteiger partial charge in [0.2, 0.25) is 5.91 Å². The number of urea groups is 1. The van der Waals surface area contributed by atoms with Gasteiger partial charge in [-0.05, 0) is 59.5 Å². The molecule has 1 aliphatic rings. The molecule has 3 aromatic rings. The van der Waals surface area contributed by atoms with Crippen molar-refractivity contribution in [1.29, 1.82) is 0 Å². The van der Waals surface area contributed by atoms with Crippen LogP contribution in [0.3, 0.4) is 0 Å². The number of rotatable bonds is 8. The van der Waals surface area contributed by atoms with Gasteiger partial charge in [0, 0.05) is 25.7 Å². The third-order valence-corrected chi connectivity index (χ3v) is 6.14. The molecular formula is C27H29FN4O4. The van der Waals surface area contributed by atoms with Crippen molar-refractivity contribution in [1.82, 2.24) is 20.5 Å². The molecule has 3 amide bonds. The molecule has 0 saturated heterocycles. The number of aromatic nitrogens is 1. The molecule has 1 unspecified atom stereocenters. The molecule has 9 heteroatoms. The van der Waals surface area contributed by atoms with Gasteiger partial charge in [0.05, 0.1) is 32.5 Å². The maximum absolute atomic E-state index is 13.7. The number of halogens is 1. The first-order valence-corrected chi connectivity index (χ1v) is 11.7. The highest BCUT2D eigenvalue weighted by molar-refractivity contribution is 5.79. The van der Waals surface area contributed by atoms with Gasteiger partial charge in [0.15, 0.2) is 11.5 Å². The smallest absolute Gasteiger partial charge is 0.318 e. The Kier molecular flexibility index (Phi) is 7.99. The number of hydrogen-bond acceptors (Lipinski definition) is 5. The van der Waals surface area contributed by atoms with Crippen LogP contribution in [0, 0.1) is 5.82 Å². The molecule has 0 fully saturated rings. The van der Waals surface area contributed by atoms with Crippen LogP contribution >= 0.6 is 0 Å². The summed E-state index contributed by atoms with van der Waals surface area (Å²) in [6.07, 6.45) is 2.42. The van der Waals surface area contributed by atoms with E-state index < -0.39 is 6.04 Å². The summed E-state index contributed by atoms with van der Waals surface area (Å²) in [6.45, 7) is 0.953. The van der Waals surface area contributed by atoms with Gasteiger partial charge in [-0.2, -0.15) is 0 Å². The van der Waals surface area contributed by atoms with E-state index in [1.165, 1.54) is 12.1 Å². The number of nitrogens with one attached hydrogen (secondary N) is 2. The Labute approximate surface area is 209 Å². The van der Waals surface area contributed by atoms with E-state index in [0.29, 0.717) is 31.0 Å². The molecule has 2 aromatic carbocycles. The monoisotopic (exact) mass is 492 g/mol. The second kappa shape index (κ2) is 11.5. The van der Waals surface area contributed by atoms with Crippen LogP contribution in [-0.2, 0) is 17.8 Å². The average molecular weight is 493 g/mol. The lowest BCUT2D eigenvalue weighted by molar-refractivity contribution is -0.121. The summed E-state index contributed by atoms with van der Waals surface area (Å²) in [6, 6.07) is 14.6. The fourth-order valence-electron chi connectivity index (χ4n) is 4.33. The number of nitrogens with zero attached hydrogens (tertiary/aromatic N) is 2. The lowest BCUT2D eigenvalue weighted by Gasteiger charge is -2.38. The molecule has 1 aliphatic heterocycles. The molecule has 0 radical (unpaired) electrons. The van der Waals surface area contributed by atoms with Crippen LogP contribution in [0.4, 0.5) is 9.18 Å². The average Bonchev–Trinajstić information content (AvgIpc) is 2.91. The second-order valence-electron chi connectivity index (χ2n) is 8.38. The topological polar surface area (TPSA) is 92.8 Å². The van der Waals surface area contributed by atoms with E-state index in [9.17, 15) is 14.0 Å². The van der Waals surface area contributed by atoms with Crippen molar-refractivity contribution in [2.75, 3.05) is 27.3 Å². The summed E-state index contributed by atoms with van der Waals surface area (Å²) in [7, 11) is 3.14. The largest absolute Gasteiger partial charge is 0.493 e. The number of methoxy groups -OCH3 is 2. The van der Waals surface area contributed by atoms with Gasteiger partial charge >= 0.3 is 6.03 Å². The molecule has 36 heavy (non-hydrogen) atoms. The minimum absolute atomic E-state index is 0.134. The molecule has 188 valence electrons. The van der Waals surface area contributed by atoms with Gasteiger partial charge in [0.1, 0.15) is 5.82 Å². The van der Waals surface area contributed by atoms with Gasteiger partial charge in [-0.25, -0.2) is 9.18 Å². The summed E-state index contributed by atoms with van der Waals surface area (Å²) < 4.78 is 24.6. The number of amides is 3. The molecule has 2 N–H and O–H groups in total. The van der Waals surface area contributed by atoms with Crippen LogP contribution in [0.1, 0.15) is 34.8 Å². The quantitative estimate of drug-likeness (QED) is 0.501. The summed E-state index contributed by atoms with van der Waals surface area (Å²) in [5, 5.41) is 5.66. The van der Waals surface area contributed by atoms with Crippen LogP contribution in [-0.4, -0.2) is 49.1 Å². The molecule has 2 heterocycles. The zero-order valence-corrected chi connectivity index (χ0v) is 20.3. The van der Waals surface area contributed by atoms with Crippen molar-refractivity contribution in [3.63, 3.8) is 0 Å². The van der Waals surface area contributed by atoms with Crippen molar-refractivity contribution in [3.8, 4) is 11.5 Å². The Morgan fingerprint density at radius 3 is 2.50 bits per heavy atom. The van der Waals surface area contributed by atoms with Crippen molar-refractivity contribution in [2.45, 2.75) is 25.4 Å². The lowest BCUT2D eigenvalue weighted by atomic mass is 9.88. The Balaban J connectivity index is 1.47. The number of hydrogen-bond donors (Lipinski definition) is 2. The first-order chi connectivity index (χ1) is 17.5. The first kappa shape index (κ1) is 25.0. The van der Waals surface area contributed by atoms with E-state index in [0.717, 1.165) is 22.4 Å². The highest BCUT2D eigenvalue weighted by Gasteiger charge is 2.33.